The Balaban J connectivity index is 2.82. The molecule has 0 spiro atoms. The van der Waals surface area contributed by atoms with Crippen molar-refractivity contribution in [3.05, 3.63) is 0 Å². The molecule has 78 valence electrons. The van der Waals surface area contributed by atoms with E-state index in [1.54, 1.807) is 13.8 Å². The van der Waals surface area contributed by atoms with Crippen molar-refractivity contribution >= 4 is 0 Å². The number of ether oxygens (including phenoxy) is 2. The summed E-state index contributed by atoms with van der Waals surface area (Å²) in [6.45, 7) is 3.36. The van der Waals surface area contributed by atoms with E-state index in [2.05, 4.69) is 0 Å². The lowest BCUT2D eigenvalue weighted by atomic mass is 9.90. The molecule has 1 rings (SSSR count). The second-order valence-electron chi connectivity index (χ2n) is 3.75. The molecule has 0 aromatic rings. The summed E-state index contributed by atoms with van der Waals surface area (Å²) in [6.07, 6.45) is -4.47. The number of hydrogen-bond donors (Lipinski definition) is 3. The molecule has 0 amide bonds. The molecule has 5 heteroatoms. The van der Waals surface area contributed by atoms with Crippen molar-refractivity contribution < 1.29 is 24.8 Å². The Hall–Kier alpha value is -0.200. The highest BCUT2D eigenvalue weighted by molar-refractivity contribution is 4.95. The Morgan fingerprint density at radius 3 is 2.15 bits per heavy atom. The zero-order valence-corrected chi connectivity index (χ0v) is 7.97. The lowest BCUT2D eigenvalue weighted by molar-refractivity contribution is -0.314. The molecule has 1 saturated heterocycles. The first-order chi connectivity index (χ1) is 5.90. The van der Waals surface area contributed by atoms with Crippen LogP contribution in [0.5, 0.6) is 0 Å². The van der Waals surface area contributed by atoms with Crippen molar-refractivity contribution in [3.63, 3.8) is 0 Å². The summed E-state index contributed by atoms with van der Waals surface area (Å²) in [5.41, 5.74) is -0.813. The normalized spacial score (nSPS) is 44.8. The Bertz CT molecular complexity index is 181. The second kappa shape index (κ2) is 3.51. The van der Waals surface area contributed by atoms with Gasteiger partial charge in [-0.15, -0.1) is 0 Å². The van der Waals surface area contributed by atoms with E-state index in [4.69, 9.17) is 9.47 Å². The van der Waals surface area contributed by atoms with E-state index in [0.717, 1.165) is 0 Å². The van der Waals surface area contributed by atoms with E-state index in [9.17, 15) is 15.3 Å². The van der Waals surface area contributed by atoms with Gasteiger partial charge in [-0.05, 0) is 13.8 Å². The maximum atomic E-state index is 9.53. The monoisotopic (exact) mass is 192 g/mol. The van der Waals surface area contributed by atoms with Crippen LogP contribution in [0.25, 0.3) is 0 Å². The summed E-state index contributed by atoms with van der Waals surface area (Å²) < 4.78 is 10.1. The van der Waals surface area contributed by atoms with E-state index in [1.807, 2.05) is 0 Å². The van der Waals surface area contributed by atoms with Crippen LogP contribution >= 0.6 is 0 Å². The maximum Gasteiger partial charge on any atom is 0.184 e. The molecule has 0 bridgehead atoms. The Kier molecular flexibility index (Phi) is 2.94. The zero-order chi connectivity index (χ0) is 10.2. The molecule has 1 heterocycles. The fourth-order valence-corrected chi connectivity index (χ4v) is 1.63. The molecule has 0 radical (unpaired) electrons. The predicted octanol–water partition coefficient (Wildman–Crippen LogP) is -1.15. The van der Waals surface area contributed by atoms with Crippen LogP contribution in [-0.4, -0.2) is 52.6 Å². The minimum absolute atomic E-state index is 0.647. The minimum atomic E-state index is -1.36. The van der Waals surface area contributed by atoms with Crippen LogP contribution in [0.2, 0.25) is 0 Å². The fourth-order valence-electron chi connectivity index (χ4n) is 1.63. The molecule has 0 aliphatic carbocycles. The van der Waals surface area contributed by atoms with Gasteiger partial charge in [0.25, 0.3) is 0 Å². The van der Waals surface area contributed by atoms with Crippen molar-refractivity contribution in [2.75, 3.05) is 7.11 Å². The molecule has 1 fully saturated rings. The molecule has 0 saturated carbocycles. The summed E-state index contributed by atoms with van der Waals surface area (Å²) in [5.74, 6) is 0. The fraction of sp³-hybridized carbons (Fsp3) is 1.00. The van der Waals surface area contributed by atoms with E-state index in [1.165, 1.54) is 7.11 Å². The van der Waals surface area contributed by atoms with Gasteiger partial charge < -0.3 is 24.8 Å². The largest absolute Gasteiger partial charge is 0.387 e. The van der Waals surface area contributed by atoms with Gasteiger partial charge in [0.15, 0.2) is 6.29 Å². The first-order valence-electron chi connectivity index (χ1n) is 4.15. The van der Waals surface area contributed by atoms with Crippen molar-refractivity contribution in [2.45, 2.75) is 44.1 Å². The highest BCUT2D eigenvalue weighted by atomic mass is 16.7. The molecule has 3 N–H and O–H groups in total. The number of methoxy groups -OCH3 is 1. The van der Waals surface area contributed by atoms with Crippen LogP contribution in [0.1, 0.15) is 13.8 Å². The smallest absolute Gasteiger partial charge is 0.184 e. The first-order valence-corrected chi connectivity index (χ1v) is 4.15. The summed E-state index contributed by atoms with van der Waals surface area (Å²) in [6, 6.07) is 0. The van der Waals surface area contributed by atoms with Crippen molar-refractivity contribution in [1.82, 2.24) is 0 Å². The number of hydrogen-bond acceptors (Lipinski definition) is 5. The highest BCUT2D eigenvalue weighted by Crippen LogP contribution is 2.30. The SMILES string of the molecule is CO[C@@H]1[C@@H](O)[C@@H](O)[C@@H](O)OC1(C)C. The molecular formula is C8H16O5. The maximum absolute atomic E-state index is 9.53. The number of aliphatic hydroxyl groups excluding tert-OH is 3. The third-order valence-corrected chi connectivity index (χ3v) is 2.32. The standard InChI is InChI=1S/C8H16O5/c1-8(2)6(12-3)4(9)5(10)7(11)13-8/h4-7,9-11H,1-3H3/t4-,5+,6+,7-/m0/s1. The lowest BCUT2D eigenvalue weighted by Gasteiger charge is -2.45. The first kappa shape index (κ1) is 10.9. The third-order valence-electron chi connectivity index (χ3n) is 2.32. The van der Waals surface area contributed by atoms with Crippen LogP contribution in [0.4, 0.5) is 0 Å². The van der Waals surface area contributed by atoms with Crippen molar-refractivity contribution in [2.24, 2.45) is 0 Å². The average Bonchev–Trinajstić information content (AvgIpc) is 2.00. The van der Waals surface area contributed by atoms with Gasteiger partial charge in [0, 0.05) is 7.11 Å². The molecule has 1 aliphatic heterocycles. The Morgan fingerprint density at radius 2 is 1.69 bits per heavy atom. The second-order valence-corrected chi connectivity index (χ2v) is 3.75. The zero-order valence-electron chi connectivity index (χ0n) is 7.97. The van der Waals surface area contributed by atoms with Crippen LogP contribution in [0.3, 0.4) is 0 Å². The van der Waals surface area contributed by atoms with Gasteiger partial charge in [0.1, 0.15) is 18.3 Å². The van der Waals surface area contributed by atoms with E-state index >= 15 is 0 Å². The molecule has 13 heavy (non-hydrogen) atoms. The molecule has 1 aliphatic rings. The van der Waals surface area contributed by atoms with Gasteiger partial charge in [0.2, 0.25) is 0 Å². The van der Waals surface area contributed by atoms with Crippen molar-refractivity contribution in [1.29, 1.82) is 0 Å². The van der Waals surface area contributed by atoms with Crippen LogP contribution < -0.4 is 0 Å². The number of aliphatic hydroxyl groups is 3. The van der Waals surface area contributed by atoms with Gasteiger partial charge in [0.05, 0.1) is 5.60 Å². The highest BCUT2D eigenvalue weighted by Gasteiger charge is 2.48. The predicted molar refractivity (Wildman–Crippen MR) is 44.0 cm³/mol. The summed E-state index contributed by atoms with van der Waals surface area (Å²) in [7, 11) is 1.42. The van der Waals surface area contributed by atoms with Crippen LogP contribution in [-0.2, 0) is 9.47 Å². The molecule has 0 unspecified atom stereocenters. The quantitative estimate of drug-likeness (QED) is 0.489. The van der Waals surface area contributed by atoms with Gasteiger partial charge >= 0.3 is 0 Å². The minimum Gasteiger partial charge on any atom is -0.387 e. The van der Waals surface area contributed by atoms with Gasteiger partial charge in [-0.3, -0.25) is 0 Å². The molecule has 5 nitrogen and oxygen atoms in total. The van der Waals surface area contributed by atoms with E-state index in [-0.39, 0.29) is 0 Å². The summed E-state index contributed by atoms with van der Waals surface area (Å²) >= 11 is 0. The average molecular weight is 192 g/mol. The summed E-state index contributed by atoms with van der Waals surface area (Å²) in [5, 5.41) is 28.0. The topological polar surface area (TPSA) is 79.2 Å². The number of rotatable bonds is 1. The van der Waals surface area contributed by atoms with Crippen molar-refractivity contribution in [3.8, 4) is 0 Å². The molecule has 0 aromatic heterocycles. The van der Waals surface area contributed by atoms with Crippen LogP contribution in [0, 0.1) is 0 Å². The Morgan fingerprint density at radius 1 is 1.15 bits per heavy atom. The van der Waals surface area contributed by atoms with Gasteiger partial charge in [-0.2, -0.15) is 0 Å². The van der Waals surface area contributed by atoms with Gasteiger partial charge in [-0.25, -0.2) is 0 Å². The molecule has 4 atom stereocenters. The van der Waals surface area contributed by atoms with Gasteiger partial charge in [-0.1, -0.05) is 0 Å². The van der Waals surface area contributed by atoms with E-state index < -0.39 is 30.2 Å². The molecular weight excluding hydrogens is 176 g/mol. The molecule has 0 aromatic carbocycles. The van der Waals surface area contributed by atoms with E-state index in [0.29, 0.717) is 0 Å². The summed E-state index contributed by atoms with van der Waals surface area (Å²) in [4.78, 5) is 0. The third kappa shape index (κ3) is 1.84. The Labute approximate surface area is 76.9 Å². The lowest BCUT2D eigenvalue weighted by Crippen LogP contribution is -2.62. The van der Waals surface area contributed by atoms with Crippen LogP contribution in [0.15, 0.2) is 0 Å².